The lowest BCUT2D eigenvalue weighted by Crippen LogP contribution is -1.98. The van der Waals surface area contributed by atoms with Gasteiger partial charge < -0.3 is 25.0 Å². The van der Waals surface area contributed by atoms with Crippen molar-refractivity contribution in [2.45, 2.75) is 0 Å². The lowest BCUT2D eigenvalue weighted by atomic mass is 10.1. The highest BCUT2D eigenvalue weighted by Crippen LogP contribution is 2.37. The second-order valence-corrected chi connectivity index (χ2v) is 5.83. The SMILES string of the molecule is COc1c(N)cc(-c2ccc(-c3cc(=O)oc4ccccc34)o2)cc1N. The topological polar surface area (TPSA) is 105 Å². The zero-order valence-electron chi connectivity index (χ0n) is 14.0. The summed E-state index contributed by atoms with van der Waals surface area (Å²) >= 11 is 0. The number of benzene rings is 2. The Labute approximate surface area is 148 Å². The fourth-order valence-corrected chi connectivity index (χ4v) is 3.01. The smallest absolute Gasteiger partial charge is 0.336 e. The third-order valence-electron chi connectivity index (χ3n) is 4.16. The van der Waals surface area contributed by atoms with Crippen molar-refractivity contribution >= 4 is 22.3 Å². The summed E-state index contributed by atoms with van der Waals surface area (Å²) in [5.74, 6) is 1.57. The number of ether oxygens (including phenoxy) is 1. The average molecular weight is 348 g/mol. The molecule has 26 heavy (non-hydrogen) atoms. The van der Waals surface area contributed by atoms with Crippen molar-refractivity contribution < 1.29 is 13.6 Å². The largest absolute Gasteiger partial charge is 0.492 e. The second-order valence-electron chi connectivity index (χ2n) is 5.83. The lowest BCUT2D eigenvalue weighted by molar-refractivity contribution is 0.419. The van der Waals surface area contributed by atoms with E-state index in [9.17, 15) is 4.79 Å². The molecule has 6 nitrogen and oxygen atoms in total. The Morgan fingerprint density at radius 2 is 1.58 bits per heavy atom. The minimum atomic E-state index is -0.436. The zero-order valence-corrected chi connectivity index (χ0v) is 14.0. The van der Waals surface area contributed by atoms with Crippen LogP contribution in [-0.4, -0.2) is 7.11 Å². The summed E-state index contributed by atoms with van der Waals surface area (Å²) in [5.41, 5.74) is 14.3. The van der Waals surface area contributed by atoms with Gasteiger partial charge in [0.25, 0.3) is 0 Å². The molecule has 2 aromatic carbocycles. The Balaban J connectivity index is 1.84. The number of furan rings is 1. The zero-order chi connectivity index (χ0) is 18.3. The number of methoxy groups -OCH3 is 1. The number of rotatable bonds is 3. The molecule has 0 unspecified atom stereocenters. The predicted molar refractivity (Wildman–Crippen MR) is 101 cm³/mol. The van der Waals surface area contributed by atoms with Crippen LogP contribution in [0.4, 0.5) is 11.4 Å². The number of nitrogen functional groups attached to an aromatic ring is 2. The number of hydrogen-bond acceptors (Lipinski definition) is 6. The molecule has 130 valence electrons. The van der Waals surface area contributed by atoms with Gasteiger partial charge in [-0.05, 0) is 30.3 Å². The summed E-state index contributed by atoms with van der Waals surface area (Å²) in [5, 5.41) is 0.793. The Bertz CT molecular complexity index is 1150. The van der Waals surface area contributed by atoms with Crippen molar-refractivity contribution in [1.82, 2.24) is 0 Å². The maximum absolute atomic E-state index is 11.9. The van der Waals surface area contributed by atoms with Gasteiger partial charge in [0.15, 0.2) is 5.75 Å². The van der Waals surface area contributed by atoms with Gasteiger partial charge >= 0.3 is 5.63 Å². The van der Waals surface area contributed by atoms with Gasteiger partial charge in [0, 0.05) is 22.6 Å². The van der Waals surface area contributed by atoms with E-state index in [0.717, 1.165) is 10.9 Å². The van der Waals surface area contributed by atoms with E-state index in [1.54, 1.807) is 30.3 Å². The fourth-order valence-electron chi connectivity index (χ4n) is 3.01. The normalized spacial score (nSPS) is 11.0. The molecule has 0 saturated carbocycles. The van der Waals surface area contributed by atoms with Gasteiger partial charge in [-0.25, -0.2) is 4.79 Å². The Hall–Kier alpha value is -3.67. The molecule has 0 aliphatic carbocycles. The third kappa shape index (κ3) is 2.57. The highest BCUT2D eigenvalue weighted by Gasteiger charge is 2.14. The van der Waals surface area contributed by atoms with Crippen molar-refractivity contribution in [1.29, 1.82) is 0 Å². The van der Waals surface area contributed by atoms with Crippen LogP contribution in [0.25, 0.3) is 33.6 Å². The number of nitrogens with two attached hydrogens (primary N) is 2. The van der Waals surface area contributed by atoms with Crippen molar-refractivity contribution in [2.24, 2.45) is 0 Å². The van der Waals surface area contributed by atoms with Crippen molar-refractivity contribution in [3.8, 4) is 28.4 Å². The highest BCUT2D eigenvalue weighted by atomic mass is 16.5. The molecule has 2 heterocycles. The molecule has 0 amide bonds. The van der Waals surface area contributed by atoms with E-state index in [4.69, 9.17) is 25.0 Å². The van der Waals surface area contributed by atoms with E-state index in [0.29, 0.717) is 39.8 Å². The molecule has 0 aliphatic heterocycles. The summed E-state index contributed by atoms with van der Waals surface area (Å²) in [7, 11) is 1.51. The second kappa shape index (κ2) is 6.00. The van der Waals surface area contributed by atoms with Gasteiger partial charge in [-0.2, -0.15) is 0 Å². The van der Waals surface area contributed by atoms with E-state index < -0.39 is 5.63 Å². The fraction of sp³-hybridized carbons (Fsp3) is 0.0500. The monoisotopic (exact) mass is 348 g/mol. The molecule has 0 radical (unpaired) electrons. The minimum Gasteiger partial charge on any atom is -0.492 e. The summed E-state index contributed by atoms with van der Waals surface area (Å²) in [4.78, 5) is 11.9. The van der Waals surface area contributed by atoms with Crippen LogP contribution in [0.5, 0.6) is 5.75 Å². The van der Waals surface area contributed by atoms with Crippen LogP contribution in [-0.2, 0) is 0 Å². The van der Waals surface area contributed by atoms with Crippen LogP contribution in [0.1, 0.15) is 0 Å². The maximum atomic E-state index is 11.9. The Kier molecular flexibility index (Phi) is 3.65. The first-order chi connectivity index (χ1) is 12.6. The van der Waals surface area contributed by atoms with Gasteiger partial charge in [0.2, 0.25) is 0 Å². The van der Waals surface area contributed by atoms with Crippen LogP contribution in [0, 0.1) is 0 Å². The number of para-hydroxylation sites is 1. The quantitative estimate of drug-likeness (QED) is 0.430. The first kappa shape index (κ1) is 15.8. The summed E-state index contributed by atoms with van der Waals surface area (Å²) in [6.07, 6.45) is 0. The van der Waals surface area contributed by atoms with Crippen molar-refractivity contribution in [2.75, 3.05) is 18.6 Å². The Morgan fingerprint density at radius 1 is 0.885 bits per heavy atom. The first-order valence-electron chi connectivity index (χ1n) is 7.93. The maximum Gasteiger partial charge on any atom is 0.336 e. The molecule has 0 atom stereocenters. The molecular formula is C20H16N2O4. The molecule has 4 N–H and O–H groups in total. The van der Waals surface area contributed by atoms with Gasteiger partial charge in [-0.1, -0.05) is 18.2 Å². The summed E-state index contributed by atoms with van der Waals surface area (Å²) in [6.45, 7) is 0. The van der Waals surface area contributed by atoms with Crippen LogP contribution in [0.3, 0.4) is 0 Å². The van der Waals surface area contributed by atoms with Gasteiger partial charge in [-0.15, -0.1) is 0 Å². The van der Waals surface area contributed by atoms with Crippen LogP contribution < -0.4 is 21.8 Å². The molecule has 4 rings (SSSR count). The van der Waals surface area contributed by atoms with Crippen LogP contribution in [0.2, 0.25) is 0 Å². The van der Waals surface area contributed by atoms with Crippen LogP contribution >= 0.6 is 0 Å². The molecule has 6 heteroatoms. The number of hydrogen-bond donors (Lipinski definition) is 2. The van der Waals surface area contributed by atoms with E-state index in [2.05, 4.69) is 0 Å². The lowest BCUT2D eigenvalue weighted by Gasteiger charge is -2.09. The molecule has 0 bridgehead atoms. The van der Waals surface area contributed by atoms with Gasteiger partial charge in [0.05, 0.1) is 18.5 Å². The standard InChI is InChI=1S/C20H16N2O4/c1-24-20-14(21)8-11(9-15(20)22)16-6-7-18(25-16)13-10-19(23)26-17-5-3-2-4-12(13)17/h2-10H,21-22H2,1H3. The van der Waals surface area contributed by atoms with E-state index in [1.165, 1.54) is 13.2 Å². The van der Waals surface area contributed by atoms with E-state index in [1.807, 2.05) is 18.2 Å². The van der Waals surface area contributed by atoms with Crippen LogP contribution in [0.15, 0.2) is 68.2 Å². The third-order valence-corrected chi connectivity index (χ3v) is 4.16. The molecule has 4 aromatic rings. The summed E-state index contributed by atoms with van der Waals surface area (Å²) in [6, 6.07) is 15.8. The first-order valence-corrected chi connectivity index (χ1v) is 7.93. The highest BCUT2D eigenvalue weighted by molar-refractivity contribution is 5.92. The number of fused-ring (bicyclic) bond motifs is 1. The summed E-state index contributed by atoms with van der Waals surface area (Å²) < 4.78 is 16.4. The van der Waals surface area contributed by atoms with Crippen molar-refractivity contribution in [3.05, 3.63) is 65.0 Å². The van der Waals surface area contributed by atoms with Gasteiger partial charge in [-0.3, -0.25) is 0 Å². The molecule has 0 fully saturated rings. The molecular weight excluding hydrogens is 332 g/mol. The Morgan fingerprint density at radius 3 is 2.31 bits per heavy atom. The predicted octanol–water partition coefficient (Wildman–Crippen LogP) is 3.89. The average Bonchev–Trinajstić information content (AvgIpc) is 3.10. The van der Waals surface area contributed by atoms with Crippen molar-refractivity contribution in [3.63, 3.8) is 0 Å². The molecule has 0 saturated heterocycles. The minimum absolute atomic E-state index is 0.422. The van der Waals surface area contributed by atoms with E-state index in [-0.39, 0.29) is 0 Å². The number of anilines is 2. The van der Waals surface area contributed by atoms with Gasteiger partial charge in [0.1, 0.15) is 17.1 Å². The molecule has 0 aliphatic rings. The molecule has 2 aromatic heterocycles. The molecule has 0 spiro atoms. The van der Waals surface area contributed by atoms with E-state index >= 15 is 0 Å².